The van der Waals surface area contributed by atoms with Gasteiger partial charge in [-0.15, -0.1) is 0 Å². The zero-order valence-corrected chi connectivity index (χ0v) is 14.0. The third-order valence-corrected chi connectivity index (χ3v) is 6.22. The fraction of sp³-hybridized carbons (Fsp3) is 1.00. The first-order valence-corrected chi connectivity index (χ1v) is 8.99. The maximum Gasteiger partial charge on any atom is 0.00926 e. The molecule has 2 aliphatic carbocycles. The van der Waals surface area contributed by atoms with E-state index in [0.717, 1.165) is 24.4 Å². The third-order valence-electron chi connectivity index (χ3n) is 6.22. The molecular weight excluding hydrogens is 244 g/mol. The monoisotopic (exact) mass is 280 g/mol. The molecule has 2 heteroatoms. The lowest BCUT2D eigenvalue weighted by atomic mass is 9.69. The number of nitrogens with two attached hydrogens (primary N) is 1. The van der Waals surface area contributed by atoms with Gasteiger partial charge in [0.05, 0.1) is 0 Å². The zero-order chi connectivity index (χ0) is 14.6. The second-order valence-electron chi connectivity index (χ2n) is 7.90. The standard InChI is InChI=1S/C18H36N2/c1-4-16-7-9-17(10-8-16)20(3)14-18(13-19)11-5-6-15(2)12-18/h15-17H,4-14,19H2,1-3H3. The second kappa shape index (κ2) is 7.26. The molecule has 0 aromatic heterocycles. The lowest BCUT2D eigenvalue weighted by Gasteiger charge is -2.44. The molecule has 2 saturated carbocycles. The number of hydrogen-bond donors (Lipinski definition) is 1. The molecule has 0 aromatic rings. The van der Waals surface area contributed by atoms with E-state index in [4.69, 9.17) is 5.73 Å². The molecule has 2 aliphatic rings. The Labute approximate surface area is 126 Å². The Morgan fingerprint density at radius 3 is 2.40 bits per heavy atom. The SMILES string of the molecule is CCC1CCC(N(C)CC2(CN)CCCC(C)C2)CC1. The number of rotatable bonds is 5. The Morgan fingerprint density at radius 2 is 1.85 bits per heavy atom. The fourth-order valence-electron chi connectivity index (χ4n) is 4.81. The molecule has 2 nitrogen and oxygen atoms in total. The summed E-state index contributed by atoms with van der Waals surface area (Å²) in [5, 5.41) is 0. The van der Waals surface area contributed by atoms with Crippen molar-refractivity contribution >= 4 is 0 Å². The average Bonchev–Trinajstić information content (AvgIpc) is 2.47. The van der Waals surface area contributed by atoms with Crippen LogP contribution in [0.2, 0.25) is 0 Å². The van der Waals surface area contributed by atoms with Gasteiger partial charge in [0, 0.05) is 12.6 Å². The van der Waals surface area contributed by atoms with E-state index in [9.17, 15) is 0 Å². The van der Waals surface area contributed by atoms with Gasteiger partial charge in [-0.3, -0.25) is 0 Å². The van der Waals surface area contributed by atoms with Crippen LogP contribution in [0.25, 0.3) is 0 Å². The summed E-state index contributed by atoms with van der Waals surface area (Å²) in [6.45, 7) is 6.87. The van der Waals surface area contributed by atoms with Gasteiger partial charge >= 0.3 is 0 Å². The van der Waals surface area contributed by atoms with Crippen LogP contribution in [0, 0.1) is 17.3 Å². The van der Waals surface area contributed by atoms with Crippen molar-refractivity contribution in [2.45, 2.75) is 77.7 Å². The van der Waals surface area contributed by atoms with Crippen LogP contribution in [0.5, 0.6) is 0 Å². The van der Waals surface area contributed by atoms with Crippen molar-refractivity contribution in [2.24, 2.45) is 23.0 Å². The minimum Gasteiger partial charge on any atom is -0.330 e. The summed E-state index contributed by atoms with van der Waals surface area (Å²) < 4.78 is 0. The Morgan fingerprint density at radius 1 is 1.15 bits per heavy atom. The van der Waals surface area contributed by atoms with Gasteiger partial charge in [-0.2, -0.15) is 0 Å². The van der Waals surface area contributed by atoms with Gasteiger partial charge in [-0.1, -0.05) is 33.1 Å². The van der Waals surface area contributed by atoms with Crippen molar-refractivity contribution in [3.63, 3.8) is 0 Å². The molecule has 0 saturated heterocycles. The molecule has 2 rings (SSSR count). The Bertz CT molecular complexity index is 283. The van der Waals surface area contributed by atoms with Crippen LogP contribution in [0.4, 0.5) is 0 Å². The highest BCUT2D eigenvalue weighted by Gasteiger charge is 2.36. The van der Waals surface area contributed by atoms with E-state index < -0.39 is 0 Å². The van der Waals surface area contributed by atoms with Gasteiger partial charge in [0.2, 0.25) is 0 Å². The summed E-state index contributed by atoms with van der Waals surface area (Å²) in [7, 11) is 2.35. The van der Waals surface area contributed by atoms with Gasteiger partial charge < -0.3 is 10.6 Å². The lowest BCUT2D eigenvalue weighted by molar-refractivity contribution is 0.0636. The molecule has 2 atom stereocenters. The largest absolute Gasteiger partial charge is 0.330 e. The minimum atomic E-state index is 0.411. The molecule has 118 valence electrons. The first-order valence-electron chi connectivity index (χ1n) is 8.99. The van der Waals surface area contributed by atoms with Crippen LogP contribution in [-0.4, -0.2) is 31.1 Å². The molecule has 0 bridgehead atoms. The molecule has 2 unspecified atom stereocenters. The topological polar surface area (TPSA) is 29.3 Å². The molecule has 0 amide bonds. The molecule has 0 aromatic carbocycles. The molecule has 0 heterocycles. The van der Waals surface area contributed by atoms with E-state index in [1.54, 1.807) is 0 Å². The van der Waals surface area contributed by atoms with Crippen molar-refractivity contribution in [1.29, 1.82) is 0 Å². The summed E-state index contributed by atoms with van der Waals surface area (Å²) in [4.78, 5) is 2.66. The first-order chi connectivity index (χ1) is 9.58. The Hall–Kier alpha value is -0.0800. The number of hydrogen-bond acceptors (Lipinski definition) is 2. The highest BCUT2D eigenvalue weighted by Crippen LogP contribution is 2.40. The molecule has 0 radical (unpaired) electrons. The van der Waals surface area contributed by atoms with Gasteiger partial charge in [-0.05, 0) is 69.4 Å². The molecule has 2 fully saturated rings. The number of nitrogens with zero attached hydrogens (tertiary/aromatic N) is 1. The van der Waals surface area contributed by atoms with E-state index in [1.165, 1.54) is 64.3 Å². The lowest BCUT2D eigenvalue weighted by Crippen LogP contribution is -2.47. The van der Waals surface area contributed by atoms with Crippen molar-refractivity contribution in [2.75, 3.05) is 20.1 Å². The van der Waals surface area contributed by atoms with Crippen molar-refractivity contribution < 1.29 is 0 Å². The zero-order valence-electron chi connectivity index (χ0n) is 14.0. The van der Waals surface area contributed by atoms with Crippen LogP contribution >= 0.6 is 0 Å². The first kappa shape index (κ1) is 16.3. The summed E-state index contributed by atoms with van der Waals surface area (Å²) in [6.07, 6.45) is 12.6. The Kier molecular flexibility index (Phi) is 5.92. The van der Waals surface area contributed by atoms with E-state index >= 15 is 0 Å². The van der Waals surface area contributed by atoms with E-state index in [0.29, 0.717) is 5.41 Å². The van der Waals surface area contributed by atoms with E-state index in [2.05, 4.69) is 25.8 Å². The second-order valence-corrected chi connectivity index (χ2v) is 7.90. The predicted octanol–water partition coefficient (Wildman–Crippen LogP) is 4.04. The molecule has 20 heavy (non-hydrogen) atoms. The van der Waals surface area contributed by atoms with Gasteiger partial charge in [0.1, 0.15) is 0 Å². The smallest absolute Gasteiger partial charge is 0.00926 e. The van der Waals surface area contributed by atoms with Crippen LogP contribution in [0.15, 0.2) is 0 Å². The highest BCUT2D eigenvalue weighted by atomic mass is 15.1. The van der Waals surface area contributed by atoms with Crippen LogP contribution in [0.1, 0.15) is 71.6 Å². The normalized spacial score (nSPS) is 39.1. The predicted molar refractivity (Wildman–Crippen MR) is 87.8 cm³/mol. The quantitative estimate of drug-likeness (QED) is 0.823. The van der Waals surface area contributed by atoms with E-state index in [-0.39, 0.29) is 0 Å². The van der Waals surface area contributed by atoms with Gasteiger partial charge in [0.15, 0.2) is 0 Å². The maximum atomic E-state index is 6.20. The van der Waals surface area contributed by atoms with Crippen molar-refractivity contribution in [3.8, 4) is 0 Å². The molecule has 0 aliphatic heterocycles. The van der Waals surface area contributed by atoms with Gasteiger partial charge in [0.25, 0.3) is 0 Å². The highest BCUT2D eigenvalue weighted by molar-refractivity contribution is 4.90. The molecule has 0 spiro atoms. The van der Waals surface area contributed by atoms with Gasteiger partial charge in [-0.25, -0.2) is 0 Å². The molecule has 2 N–H and O–H groups in total. The Balaban J connectivity index is 1.87. The van der Waals surface area contributed by atoms with Crippen LogP contribution < -0.4 is 5.73 Å². The maximum absolute atomic E-state index is 6.20. The van der Waals surface area contributed by atoms with Crippen LogP contribution in [-0.2, 0) is 0 Å². The summed E-state index contributed by atoms with van der Waals surface area (Å²) >= 11 is 0. The van der Waals surface area contributed by atoms with Crippen molar-refractivity contribution in [3.05, 3.63) is 0 Å². The van der Waals surface area contributed by atoms with Crippen molar-refractivity contribution in [1.82, 2.24) is 4.90 Å². The fourth-order valence-corrected chi connectivity index (χ4v) is 4.81. The molecular formula is C18H36N2. The summed E-state index contributed by atoms with van der Waals surface area (Å²) in [5.74, 6) is 1.87. The third kappa shape index (κ3) is 3.98. The summed E-state index contributed by atoms with van der Waals surface area (Å²) in [5.41, 5.74) is 6.61. The average molecular weight is 280 g/mol. The summed E-state index contributed by atoms with van der Waals surface area (Å²) in [6, 6.07) is 0.818. The van der Waals surface area contributed by atoms with Crippen LogP contribution in [0.3, 0.4) is 0 Å². The minimum absolute atomic E-state index is 0.411. The van der Waals surface area contributed by atoms with E-state index in [1.807, 2.05) is 0 Å².